The van der Waals surface area contributed by atoms with E-state index in [9.17, 15) is 4.79 Å². The van der Waals surface area contributed by atoms with Gasteiger partial charge >= 0.3 is 0 Å². The molecule has 1 atom stereocenters. The van der Waals surface area contributed by atoms with E-state index < -0.39 is 0 Å². The summed E-state index contributed by atoms with van der Waals surface area (Å²) in [5.41, 5.74) is 2.23. The molecule has 116 valence electrons. The quantitative estimate of drug-likeness (QED) is 0.785. The average molecular weight is 290 g/mol. The van der Waals surface area contributed by atoms with Crippen molar-refractivity contribution in [3.63, 3.8) is 0 Å². The molecule has 0 bridgehead atoms. The molecule has 0 aliphatic carbocycles. The zero-order chi connectivity index (χ0) is 15.2. The van der Waals surface area contributed by atoms with Crippen molar-refractivity contribution in [2.24, 2.45) is 0 Å². The van der Waals surface area contributed by atoms with Gasteiger partial charge in [0.05, 0.1) is 13.7 Å². The van der Waals surface area contributed by atoms with E-state index in [-0.39, 0.29) is 12.1 Å². The van der Waals surface area contributed by atoms with Crippen molar-refractivity contribution in [2.45, 2.75) is 45.7 Å². The summed E-state index contributed by atoms with van der Waals surface area (Å²) in [7, 11) is 1.68. The number of benzene rings is 1. The number of hydrogen-bond donors (Lipinski definition) is 1. The van der Waals surface area contributed by atoms with Crippen LogP contribution in [-0.2, 0) is 4.79 Å². The molecule has 21 heavy (non-hydrogen) atoms. The van der Waals surface area contributed by atoms with Crippen molar-refractivity contribution < 1.29 is 9.53 Å². The van der Waals surface area contributed by atoms with E-state index in [1.54, 1.807) is 7.11 Å². The highest BCUT2D eigenvalue weighted by atomic mass is 16.5. The smallest absolute Gasteiger partial charge is 0.238 e. The molecule has 1 heterocycles. The molecule has 1 aliphatic rings. The minimum atomic E-state index is 0.00346. The number of rotatable bonds is 7. The van der Waals surface area contributed by atoms with E-state index in [0.717, 1.165) is 29.8 Å². The van der Waals surface area contributed by atoms with Crippen molar-refractivity contribution in [1.82, 2.24) is 10.2 Å². The SMILES string of the molecule is CCCCCCN1C(=O)CNC1c1ccc(OC)c(C)c1. The molecule has 4 heteroatoms. The van der Waals surface area contributed by atoms with Crippen LogP contribution in [0.25, 0.3) is 0 Å². The number of hydrogen-bond acceptors (Lipinski definition) is 3. The molecule has 1 aromatic carbocycles. The normalized spacial score (nSPS) is 18.3. The molecule has 1 aliphatic heterocycles. The first-order valence-corrected chi connectivity index (χ1v) is 7.84. The molecular formula is C17H26N2O2. The predicted molar refractivity (Wildman–Crippen MR) is 84.3 cm³/mol. The summed E-state index contributed by atoms with van der Waals surface area (Å²) in [5, 5.41) is 3.31. The fraction of sp³-hybridized carbons (Fsp3) is 0.588. The maximum absolute atomic E-state index is 12.1. The lowest BCUT2D eigenvalue weighted by molar-refractivity contribution is -0.128. The van der Waals surface area contributed by atoms with E-state index in [1.165, 1.54) is 19.3 Å². The second-order valence-corrected chi connectivity index (χ2v) is 5.66. The number of ether oxygens (including phenoxy) is 1. The molecule has 1 amide bonds. The standard InChI is InChI=1S/C17H26N2O2/c1-4-5-6-7-10-19-16(20)12-18-17(19)14-8-9-15(21-3)13(2)11-14/h8-9,11,17-18H,4-7,10,12H2,1-3H3. The number of aryl methyl sites for hydroxylation is 1. The van der Waals surface area contributed by atoms with E-state index in [2.05, 4.69) is 18.3 Å². The van der Waals surface area contributed by atoms with Crippen molar-refractivity contribution >= 4 is 5.91 Å². The van der Waals surface area contributed by atoms with Gasteiger partial charge < -0.3 is 9.64 Å². The number of methoxy groups -OCH3 is 1. The molecule has 1 saturated heterocycles. The van der Waals surface area contributed by atoms with Gasteiger partial charge in [0.15, 0.2) is 0 Å². The van der Waals surface area contributed by atoms with Crippen LogP contribution < -0.4 is 10.1 Å². The number of nitrogens with one attached hydrogen (secondary N) is 1. The lowest BCUT2D eigenvalue weighted by Gasteiger charge is -2.25. The zero-order valence-electron chi connectivity index (χ0n) is 13.3. The highest BCUT2D eigenvalue weighted by Gasteiger charge is 2.31. The largest absolute Gasteiger partial charge is 0.496 e. The number of carbonyl (C=O) groups is 1. The minimum absolute atomic E-state index is 0.00346. The first-order chi connectivity index (χ1) is 10.2. The second kappa shape index (κ2) is 7.46. The highest BCUT2D eigenvalue weighted by Crippen LogP contribution is 2.27. The van der Waals surface area contributed by atoms with Crippen molar-refractivity contribution in [3.8, 4) is 5.75 Å². The monoisotopic (exact) mass is 290 g/mol. The highest BCUT2D eigenvalue weighted by molar-refractivity contribution is 5.81. The third-order valence-corrected chi connectivity index (χ3v) is 4.07. The number of nitrogens with zero attached hydrogens (tertiary/aromatic N) is 1. The Labute approximate surface area is 127 Å². The number of unbranched alkanes of at least 4 members (excludes halogenated alkanes) is 3. The molecule has 1 fully saturated rings. The Morgan fingerprint density at radius 2 is 2.14 bits per heavy atom. The van der Waals surface area contributed by atoms with E-state index in [0.29, 0.717) is 6.54 Å². The average Bonchev–Trinajstić information content (AvgIpc) is 2.85. The van der Waals surface area contributed by atoms with Crippen LogP contribution in [0.4, 0.5) is 0 Å². The van der Waals surface area contributed by atoms with Gasteiger partial charge in [-0.15, -0.1) is 0 Å². The summed E-state index contributed by atoms with van der Waals surface area (Å²) in [6.07, 6.45) is 4.72. The Kier molecular flexibility index (Phi) is 5.62. The lowest BCUT2D eigenvalue weighted by atomic mass is 10.1. The molecule has 2 rings (SSSR count). The molecule has 1 aromatic rings. The molecule has 0 saturated carbocycles. The number of amides is 1. The van der Waals surface area contributed by atoms with Crippen LogP contribution in [0.3, 0.4) is 0 Å². The van der Waals surface area contributed by atoms with E-state index >= 15 is 0 Å². The third-order valence-electron chi connectivity index (χ3n) is 4.07. The van der Waals surface area contributed by atoms with Crippen LogP contribution in [0.5, 0.6) is 5.75 Å². The van der Waals surface area contributed by atoms with Gasteiger partial charge in [0.25, 0.3) is 0 Å². The lowest BCUT2D eigenvalue weighted by Crippen LogP contribution is -2.31. The molecule has 1 unspecified atom stereocenters. The van der Waals surface area contributed by atoms with Crippen LogP contribution in [0.2, 0.25) is 0 Å². The van der Waals surface area contributed by atoms with E-state index in [1.807, 2.05) is 24.0 Å². The summed E-state index contributed by atoms with van der Waals surface area (Å²) < 4.78 is 5.30. The summed E-state index contributed by atoms with van der Waals surface area (Å²) >= 11 is 0. The Morgan fingerprint density at radius 3 is 2.81 bits per heavy atom. The minimum Gasteiger partial charge on any atom is -0.496 e. The molecule has 0 aromatic heterocycles. The van der Waals surface area contributed by atoms with Crippen LogP contribution in [-0.4, -0.2) is 31.0 Å². The van der Waals surface area contributed by atoms with E-state index in [4.69, 9.17) is 4.74 Å². The summed E-state index contributed by atoms with van der Waals surface area (Å²) in [6.45, 7) is 5.50. The van der Waals surface area contributed by atoms with Crippen molar-refractivity contribution in [1.29, 1.82) is 0 Å². The van der Waals surface area contributed by atoms with Crippen LogP contribution in [0.1, 0.15) is 49.9 Å². The van der Waals surface area contributed by atoms with Gasteiger partial charge in [0.1, 0.15) is 11.9 Å². The Morgan fingerprint density at radius 1 is 1.33 bits per heavy atom. The zero-order valence-corrected chi connectivity index (χ0v) is 13.3. The van der Waals surface area contributed by atoms with Gasteiger partial charge in [0.2, 0.25) is 5.91 Å². The van der Waals surface area contributed by atoms with Gasteiger partial charge in [-0.1, -0.05) is 32.3 Å². The Bertz CT molecular complexity index is 488. The Hall–Kier alpha value is -1.55. The maximum atomic E-state index is 12.1. The van der Waals surface area contributed by atoms with Crippen molar-refractivity contribution in [2.75, 3.05) is 20.2 Å². The van der Waals surface area contributed by atoms with Crippen molar-refractivity contribution in [3.05, 3.63) is 29.3 Å². The predicted octanol–water partition coefficient (Wildman–Crippen LogP) is 3.01. The fourth-order valence-electron chi connectivity index (χ4n) is 2.87. The van der Waals surface area contributed by atoms with Gasteiger partial charge in [-0.05, 0) is 36.6 Å². The topological polar surface area (TPSA) is 41.6 Å². The molecule has 0 spiro atoms. The third kappa shape index (κ3) is 3.76. The molecule has 1 N–H and O–H groups in total. The molecule has 0 radical (unpaired) electrons. The van der Waals surface area contributed by atoms with Gasteiger partial charge in [0, 0.05) is 6.54 Å². The Balaban J connectivity index is 2.06. The van der Waals surface area contributed by atoms with Crippen LogP contribution in [0, 0.1) is 6.92 Å². The van der Waals surface area contributed by atoms with Gasteiger partial charge in [-0.3, -0.25) is 10.1 Å². The van der Waals surface area contributed by atoms with Crippen LogP contribution >= 0.6 is 0 Å². The van der Waals surface area contributed by atoms with Gasteiger partial charge in [-0.2, -0.15) is 0 Å². The first-order valence-electron chi connectivity index (χ1n) is 7.84. The molecule has 4 nitrogen and oxygen atoms in total. The summed E-state index contributed by atoms with van der Waals surface area (Å²) in [5.74, 6) is 1.09. The fourth-order valence-corrected chi connectivity index (χ4v) is 2.87. The summed E-state index contributed by atoms with van der Waals surface area (Å²) in [4.78, 5) is 14.0. The summed E-state index contributed by atoms with van der Waals surface area (Å²) in [6, 6.07) is 6.12. The van der Waals surface area contributed by atoms with Crippen LogP contribution in [0.15, 0.2) is 18.2 Å². The van der Waals surface area contributed by atoms with Gasteiger partial charge in [-0.25, -0.2) is 0 Å². The second-order valence-electron chi connectivity index (χ2n) is 5.66. The molecular weight excluding hydrogens is 264 g/mol. The first kappa shape index (κ1) is 15.8. The number of carbonyl (C=O) groups excluding carboxylic acids is 1. The maximum Gasteiger partial charge on any atom is 0.238 e.